The highest BCUT2D eigenvalue weighted by Gasteiger charge is 2.44. The van der Waals surface area contributed by atoms with Crippen LogP contribution in [0, 0.1) is 34.5 Å². The lowest BCUT2D eigenvalue weighted by atomic mass is 9.75. The van der Waals surface area contributed by atoms with Crippen LogP contribution >= 0.6 is 0 Å². The minimum Gasteiger partial charge on any atom is -0.496 e. The van der Waals surface area contributed by atoms with Crippen molar-refractivity contribution in [2.75, 3.05) is 13.7 Å². The summed E-state index contributed by atoms with van der Waals surface area (Å²) in [7, 11) is 1.53. The van der Waals surface area contributed by atoms with Crippen molar-refractivity contribution in [1.82, 2.24) is 5.01 Å². The molecule has 0 radical (unpaired) electrons. The van der Waals surface area contributed by atoms with Crippen LogP contribution in [0.4, 0.5) is 0 Å². The van der Waals surface area contributed by atoms with E-state index in [9.17, 15) is 15.3 Å². The smallest absolute Gasteiger partial charge is 0.252 e. The van der Waals surface area contributed by atoms with E-state index in [0.29, 0.717) is 23.6 Å². The Bertz CT molecular complexity index is 700. The summed E-state index contributed by atoms with van der Waals surface area (Å²) in [5.74, 6) is -1.84. The molecule has 1 heterocycles. The second kappa shape index (κ2) is 6.93. The van der Waals surface area contributed by atoms with Gasteiger partial charge < -0.3 is 4.74 Å². The van der Waals surface area contributed by atoms with Crippen molar-refractivity contribution in [3.8, 4) is 17.9 Å². The van der Waals surface area contributed by atoms with Crippen molar-refractivity contribution < 1.29 is 9.53 Å². The van der Waals surface area contributed by atoms with Crippen molar-refractivity contribution in [2.45, 2.75) is 19.8 Å². The molecule has 0 spiro atoms. The van der Waals surface area contributed by atoms with Gasteiger partial charge >= 0.3 is 0 Å². The molecule has 0 aliphatic carbocycles. The molecular weight excluding hydrogens is 292 g/mol. The molecule has 23 heavy (non-hydrogen) atoms. The Labute approximate surface area is 135 Å². The molecule has 2 atom stereocenters. The van der Waals surface area contributed by atoms with Crippen LogP contribution in [-0.4, -0.2) is 30.3 Å². The number of rotatable bonds is 5. The molecule has 6 heteroatoms. The predicted octanol–water partition coefficient (Wildman–Crippen LogP) is 2.30. The first-order valence-electron chi connectivity index (χ1n) is 7.37. The van der Waals surface area contributed by atoms with E-state index in [1.165, 1.54) is 12.1 Å². The van der Waals surface area contributed by atoms with E-state index >= 15 is 0 Å². The normalized spacial score (nSPS) is 18.3. The van der Waals surface area contributed by atoms with E-state index in [0.717, 1.165) is 0 Å². The Hall–Kier alpha value is -2.86. The third-order valence-electron chi connectivity index (χ3n) is 4.04. The molecular formula is C17H18N4O2. The molecule has 0 fully saturated rings. The Morgan fingerprint density at radius 1 is 1.35 bits per heavy atom. The Kier molecular flexibility index (Phi) is 4.98. The minimum absolute atomic E-state index is 0.184. The van der Waals surface area contributed by atoms with Gasteiger partial charge in [0.2, 0.25) is 0 Å². The zero-order valence-electron chi connectivity index (χ0n) is 13.4. The summed E-state index contributed by atoms with van der Waals surface area (Å²) < 4.78 is 5.37. The molecule has 1 amide bonds. The minimum atomic E-state index is -0.970. The topological polar surface area (TPSA) is 89.5 Å². The molecule has 1 aromatic carbocycles. The fourth-order valence-corrected chi connectivity index (χ4v) is 2.96. The number of nitriles is 2. The monoisotopic (exact) mass is 310 g/mol. The number of carbonyl (C=O) groups excluding carboxylic acids is 1. The maximum absolute atomic E-state index is 12.6. The summed E-state index contributed by atoms with van der Waals surface area (Å²) in [5, 5.41) is 24.4. The van der Waals surface area contributed by atoms with Crippen LogP contribution in [0.2, 0.25) is 0 Å². The van der Waals surface area contributed by atoms with Crippen molar-refractivity contribution >= 4 is 11.6 Å². The second-order valence-corrected chi connectivity index (χ2v) is 5.28. The average molecular weight is 310 g/mol. The van der Waals surface area contributed by atoms with Crippen LogP contribution in [-0.2, 0) is 4.79 Å². The Morgan fingerprint density at radius 2 is 2.00 bits per heavy atom. The van der Waals surface area contributed by atoms with E-state index in [4.69, 9.17) is 4.74 Å². The summed E-state index contributed by atoms with van der Waals surface area (Å²) >= 11 is 0. The van der Waals surface area contributed by atoms with Gasteiger partial charge in [0.25, 0.3) is 5.91 Å². The first-order valence-corrected chi connectivity index (χ1v) is 7.37. The number of methoxy groups -OCH3 is 1. The molecule has 1 aromatic rings. The lowest BCUT2D eigenvalue weighted by Gasteiger charge is -2.25. The van der Waals surface area contributed by atoms with Gasteiger partial charge in [-0.2, -0.15) is 15.6 Å². The quantitative estimate of drug-likeness (QED) is 0.834. The number of benzene rings is 1. The van der Waals surface area contributed by atoms with Crippen LogP contribution in [0.3, 0.4) is 0 Å². The molecule has 0 bridgehead atoms. The third kappa shape index (κ3) is 2.89. The van der Waals surface area contributed by atoms with Crippen LogP contribution in [0.25, 0.3) is 0 Å². The van der Waals surface area contributed by atoms with Gasteiger partial charge in [-0.15, -0.1) is 0 Å². The summed E-state index contributed by atoms with van der Waals surface area (Å²) in [6, 6.07) is 11.2. The van der Waals surface area contributed by atoms with E-state index in [-0.39, 0.29) is 5.91 Å². The number of amides is 1. The van der Waals surface area contributed by atoms with Crippen molar-refractivity contribution in [3.63, 3.8) is 0 Å². The van der Waals surface area contributed by atoms with Gasteiger partial charge in [0.1, 0.15) is 11.7 Å². The first-order chi connectivity index (χ1) is 11.1. The largest absolute Gasteiger partial charge is 0.496 e. The number of hydrazone groups is 1. The number of ether oxygens (including phenoxy) is 1. The summed E-state index contributed by atoms with van der Waals surface area (Å²) in [4.78, 5) is 12.6. The molecule has 1 aliphatic rings. The number of hydrogen-bond acceptors (Lipinski definition) is 5. The highest BCUT2D eigenvalue weighted by molar-refractivity contribution is 6.07. The van der Waals surface area contributed by atoms with Crippen LogP contribution < -0.4 is 4.74 Å². The Morgan fingerprint density at radius 3 is 2.52 bits per heavy atom. The molecule has 118 valence electrons. The molecule has 1 aliphatic heterocycles. The number of hydrogen-bond donors (Lipinski definition) is 0. The number of para-hydroxylation sites is 1. The lowest BCUT2D eigenvalue weighted by molar-refractivity contribution is -0.132. The van der Waals surface area contributed by atoms with Gasteiger partial charge in [0.05, 0.1) is 25.2 Å². The maximum atomic E-state index is 12.6. The van der Waals surface area contributed by atoms with Gasteiger partial charge in [-0.25, -0.2) is 5.01 Å². The van der Waals surface area contributed by atoms with E-state index in [1.807, 2.05) is 25.1 Å². The highest BCUT2D eigenvalue weighted by atomic mass is 16.5. The second-order valence-electron chi connectivity index (χ2n) is 5.28. The van der Waals surface area contributed by atoms with Crippen LogP contribution in [0.1, 0.15) is 25.3 Å². The molecule has 0 unspecified atom stereocenters. The molecule has 2 rings (SSSR count). The molecule has 0 saturated heterocycles. The fraction of sp³-hybridized carbons (Fsp3) is 0.412. The first kappa shape index (κ1) is 16.5. The Balaban J connectivity index is 2.57. The van der Waals surface area contributed by atoms with Gasteiger partial charge in [-0.05, 0) is 19.9 Å². The molecule has 0 aromatic heterocycles. The standard InChI is InChI=1S/C17H18N4O2/c1-4-21-17(22)15(11(2)20-21)16(12(9-18)10-19)13-7-5-6-8-14(13)23-3/h5-8,12,15-16H,4H2,1-3H3/t15-,16+/m0/s1. The number of nitrogens with zero attached hydrogens (tertiary/aromatic N) is 4. The zero-order chi connectivity index (χ0) is 17.0. The molecule has 0 N–H and O–H groups in total. The van der Waals surface area contributed by atoms with Crippen LogP contribution in [0.5, 0.6) is 5.75 Å². The summed E-state index contributed by atoms with van der Waals surface area (Å²) in [6.45, 7) is 4.04. The van der Waals surface area contributed by atoms with Crippen molar-refractivity contribution in [3.05, 3.63) is 29.8 Å². The predicted molar refractivity (Wildman–Crippen MR) is 84.4 cm³/mol. The van der Waals surface area contributed by atoms with Gasteiger partial charge in [-0.1, -0.05) is 18.2 Å². The third-order valence-corrected chi connectivity index (χ3v) is 4.04. The van der Waals surface area contributed by atoms with Gasteiger partial charge in [0, 0.05) is 23.7 Å². The average Bonchev–Trinajstić information content (AvgIpc) is 2.86. The van der Waals surface area contributed by atoms with Gasteiger partial charge in [-0.3, -0.25) is 4.79 Å². The van der Waals surface area contributed by atoms with E-state index in [2.05, 4.69) is 5.10 Å². The zero-order valence-corrected chi connectivity index (χ0v) is 13.4. The lowest BCUT2D eigenvalue weighted by Crippen LogP contribution is -2.34. The SMILES string of the molecule is CCN1N=C(C)[C@@H]([C@@H](c2ccccc2OC)C(C#N)C#N)C1=O. The van der Waals surface area contributed by atoms with Gasteiger partial charge in [0.15, 0.2) is 0 Å². The van der Waals surface area contributed by atoms with E-state index in [1.54, 1.807) is 25.1 Å². The summed E-state index contributed by atoms with van der Waals surface area (Å²) in [6.07, 6.45) is 0. The summed E-state index contributed by atoms with van der Waals surface area (Å²) in [5.41, 5.74) is 1.29. The van der Waals surface area contributed by atoms with Crippen molar-refractivity contribution in [2.24, 2.45) is 16.9 Å². The fourth-order valence-electron chi connectivity index (χ4n) is 2.96. The van der Waals surface area contributed by atoms with Crippen LogP contribution in [0.15, 0.2) is 29.4 Å². The molecule has 0 saturated carbocycles. The van der Waals surface area contributed by atoms with Crippen molar-refractivity contribution in [1.29, 1.82) is 10.5 Å². The number of carbonyl (C=O) groups is 1. The maximum Gasteiger partial charge on any atom is 0.252 e. The highest BCUT2D eigenvalue weighted by Crippen LogP contribution is 2.40. The van der Waals surface area contributed by atoms with E-state index < -0.39 is 17.8 Å². The molecule has 6 nitrogen and oxygen atoms in total.